The molecule has 0 atom stereocenters. The molecule has 2 aromatic rings. The summed E-state index contributed by atoms with van der Waals surface area (Å²) >= 11 is 5.74. The molecule has 0 aliphatic heterocycles. The molecule has 1 amide bonds. The molecule has 1 N–H and O–H groups in total. The monoisotopic (exact) mass is 262 g/mol. The zero-order valence-corrected chi connectivity index (χ0v) is 10.4. The summed E-state index contributed by atoms with van der Waals surface area (Å²) < 4.78 is 5.15. The summed E-state index contributed by atoms with van der Waals surface area (Å²) in [5.74, 6) is 0.323. The summed E-state index contributed by atoms with van der Waals surface area (Å²) in [5.41, 5.74) is 3.55. The molecule has 4 nitrogen and oxygen atoms in total. The molecule has 0 aliphatic carbocycles. The maximum Gasteiger partial charge on any atom is 0.271 e. The van der Waals surface area contributed by atoms with Crippen molar-refractivity contribution in [2.75, 3.05) is 0 Å². The molecule has 0 unspecified atom stereocenters. The van der Waals surface area contributed by atoms with Crippen LogP contribution in [0, 0.1) is 0 Å². The van der Waals surface area contributed by atoms with Crippen LogP contribution in [0.4, 0.5) is 0 Å². The third-order valence-corrected chi connectivity index (χ3v) is 2.56. The van der Waals surface area contributed by atoms with Crippen LogP contribution in [0.5, 0.6) is 0 Å². The van der Waals surface area contributed by atoms with Crippen molar-refractivity contribution in [2.45, 2.75) is 6.92 Å². The Morgan fingerprint density at radius 2 is 2.00 bits per heavy atom. The summed E-state index contributed by atoms with van der Waals surface area (Å²) in [7, 11) is 0. The Balaban J connectivity index is 2.04. The van der Waals surface area contributed by atoms with E-state index in [9.17, 15) is 4.79 Å². The lowest BCUT2D eigenvalue weighted by molar-refractivity contribution is 0.0955. The molecule has 1 aromatic carbocycles. The van der Waals surface area contributed by atoms with Gasteiger partial charge in [-0.25, -0.2) is 5.43 Å². The van der Waals surface area contributed by atoms with Gasteiger partial charge in [-0.05, 0) is 43.3 Å². The van der Waals surface area contributed by atoms with Gasteiger partial charge in [-0.2, -0.15) is 5.10 Å². The fraction of sp³-hybridized carbons (Fsp3) is 0.0769. The van der Waals surface area contributed by atoms with Crippen LogP contribution in [0.15, 0.2) is 52.2 Å². The van der Waals surface area contributed by atoms with E-state index >= 15 is 0 Å². The molecule has 0 saturated carbocycles. The van der Waals surface area contributed by atoms with Crippen molar-refractivity contribution < 1.29 is 9.21 Å². The zero-order chi connectivity index (χ0) is 13.0. The number of amides is 1. The smallest absolute Gasteiger partial charge is 0.271 e. The Hall–Kier alpha value is -2.07. The van der Waals surface area contributed by atoms with Crippen molar-refractivity contribution >= 4 is 23.2 Å². The lowest BCUT2D eigenvalue weighted by Gasteiger charge is -2.01. The number of carbonyl (C=O) groups is 1. The van der Waals surface area contributed by atoms with E-state index in [1.54, 1.807) is 49.6 Å². The van der Waals surface area contributed by atoms with Crippen molar-refractivity contribution in [3.05, 3.63) is 59.0 Å². The highest BCUT2D eigenvalue weighted by Crippen LogP contribution is 2.09. The van der Waals surface area contributed by atoms with E-state index in [4.69, 9.17) is 16.0 Å². The summed E-state index contributed by atoms with van der Waals surface area (Å²) in [4.78, 5) is 11.7. The van der Waals surface area contributed by atoms with E-state index in [0.29, 0.717) is 22.1 Å². The second-order valence-electron chi connectivity index (χ2n) is 3.62. The molecule has 0 spiro atoms. The van der Waals surface area contributed by atoms with Crippen LogP contribution in [0.2, 0.25) is 5.02 Å². The van der Waals surface area contributed by atoms with Crippen LogP contribution >= 0.6 is 11.6 Å². The highest BCUT2D eigenvalue weighted by atomic mass is 35.5. The first-order valence-electron chi connectivity index (χ1n) is 5.31. The summed E-state index contributed by atoms with van der Waals surface area (Å²) in [6.07, 6.45) is 1.55. The van der Waals surface area contributed by atoms with Gasteiger partial charge in [-0.1, -0.05) is 11.6 Å². The first-order chi connectivity index (χ1) is 8.66. The van der Waals surface area contributed by atoms with E-state index in [0.717, 1.165) is 0 Å². The van der Waals surface area contributed by atoms with Gasteiger partial charge >= 0.3 is 0 Å². The minimum absolute atomic E-state index is 0.294. The first-order valence-corrected chi connectivity index (χ1v) is 5.68. The van der Waals surface area contributed by atoms with Crippen molar-refractivity contribution in [1.82, 2.24) is 5.43 Å². The van der Waals surface area contributed by atoms with E-state index in [2.05, 4.69) is 10.5 Å². The van der Waals surface area contributed by atoms with E-state index < -0.39 is 0 Å². The summed E-state index contributed by atoms with van der Waals surface area (Å²) in [5, 5.41) is 4.54. The molecule has 1 heterocycles. The Morgan fingerprint density at radius 3 is 2.61 bits per heavy atom. The van der Waals surface area contributed by atoms with Gasteiger partial charge in [0.05, 0.1) is 6.26 Å². The zero-order valence-electron chi connectivity index (χ0n) is 9.68. The van der Waals surface area contributed by atoms with Crippen LogP contribution in [-0.4, -0.2) is 11.6 Å². The molecular weight excluding hydrogens is 252 g/mol. The molecule has 0 aliphatic rings. The van der Waals surface area contributed by atoms with Gasteiger partial charge in [0, 0.05) is 10.6 Å². The Kier molecular flexibility index (Phi) is 3.79. The van der Waals surface area contributed by atoms with Gasteiger partial charge < -0.3 is 4.42 Å². The number of hydrogen-bond donors (Lipinski definition) is 1. The van der Waals surface area contributed by atoms with Gasteiger partial charge in [-0.3, -0.25) is 4.79 Å². The quantitative estimate of drug-likeness (QED) is 0.683. The predicted molar refractivity (Wildman–Crippen MR) is 69.8 cm³/mol. The van der Waals surface area contributed by atoms with Crippen LogP contribution in [0.1, 0.15) is 23.0 Å². The summed E-state index contributed by atoms with van der Waals surface area (Å²) in [6.45, 7) is 1.75. The topological polar surface area (TPSA) is 54.6 Å². The number of halogens is 1. The number of rotatable bonds is 3. The molecule has 0 radical (unpaired) electrons. The fourth-order valence-corrected chi connectivity index (χ4v) is 1.47. The van der Waals surface area contributed by atoms with Crippen molar-refractivity contribution in [1.29, 1.82) is 0 Å². The Morgan fingerprint density at radius 1 is 1.28 bits per heavy atom. The third-order valence-electron chi connectivity index (χ3n) is 2.31. The number of hydrazone groups is 1. The van der Waals surface area contributed by atoms with E-state index in [1.807, 2.05) is 0 Å². The Labute approximate surface area is 109 Å². The van der Waals surface area contributed by atoms with E-state index in [-0.39, 0.29) is 5.91 Å². The standard InChI is InChI=1S/C13H11ClN2O2/c1-9(12-3-2-8-18-12)15-16-13(17)10-4-6-11(14)7-5-10/h2-8H,1H3,(H,16,17)/b15-9-. The number of nitrogens with one attached hydrogen (secondary N) is 1. The maximum absolute atomic E-state index is 11.7. The van der Waals surface area contributed by atoms with Crippen molar-refractivity contribution in [3.63, 3.8) is 0 Å². The minimum atomic E-state index is -0.294. The molecule has 0 fully saturated rings. The van der Waals surface area contributed by atoms with Crippen LogP contribution in [0.3, 0.4) is 0 Å². The molecule has 2 rings (SSSR count). The SMILES string of the molecule is C/C(=N/NC(=O)c1ccc(Cl)cc1)c1ccco1. The van der Waals surface area contributed by atoms with Crippen molar-refractivity contribution in [3.8, 4) is 0 Å². The number of hydrogen-bond acceptors (Lipinski definition) is 3. The van der Waals surface area contributed by atoms with Crippen LogP contribution in [0.25, 0.3) is 0 Å². The largest absolute Gasteiger partial charge is 0.463 e. The molecular formula is C13H11ClN2O2. The molecule has 0 saturated heterocycles. The molecule has 92 valence electrons. The average Bonchev–Trinajstić information content (AvgIpc) is 2.90. The minimum Gasteiger partial charge on any atom is -0.463 e. The van der Waals surface area contributed by atoms with Crippen LogP contribution in [-0.2, 0) is 0 Å². The van der Waals surface area contributed by atoms with Crippen LogP contribution < -0.4 is 5.43 Å². The van der Waals surface area contributed by atoms with Gasteiger partial charge in [-0.15, -0.1) is 0 Å². The normalized spacial score (nSPS) is 11.3. The predicted octanol–water partition coefficient (Wildman–Crippen LogP) is 3.09. The second kappa shape index (κ2) is 5.51. The lowest BCUT2D eigenvalue weighted by atomic mass is 10.2. The molecule has 5 heteroatoms. The van der Waals surface area contributed by atoms with Gasteiger partial charge in [0.2, 0.25) is 0 Å². The average molecular weight is 263 g/mol. The number of benzene rings is 1. The van der Waals surface area contributed by atoms with Gasteiger partial charge in [0.25, 0.3) is 5.91 Å². The third kappa shape index (κ3) is 2.99. The van der Waals surface area contributed by atoms with E-state index in [1.165, 1.54) is 0 Å². The fourth-order valence-electron chi connectivity index (χ4n) is 1.34. The maximum atomic E-state index is 11.7. The summed E-state index contributed by atoms with van der Waals surface area (Å²) in [6, 6.07) is 10.1. The highest BCUT2D eigenvalue weighted by Gasteiger charge is 2.05. The lowest BCUT2D eigenvalue weighted by Crippen LogP contribution is -2.19. The van der Waals surface area contributed by atoms with Crippen molar-refractivity contribution in [2.24, 2.45) is 5.10 Å². The molecule has 18 heavy (non-hydrogen) atoms. The number of nitrogens with zero attached hydrogens (tertiary/aromatic N) is 1. The van der Waals surface area contributed by atoms with Gasteiger partial charge in [0.15, 0.2) is 0 Å². The molecule has 1 aromatic heterocycles. The first kappa shape index (κ1) is 12.4. The second-order valence-corrected chi connectivity index (χ2v) is 4.06. The van der Waals surface area contributed by atoms with Gasteiger partial charge in [0.1, 0.15) is 11.5 Å². The Bertz CT molecular complexity index is 559. The highest BCUT2D eigenvalue weighted by molar-refractivity contribution is 6.30. The number of furan rings is 1. The number of carbonyl (C=O) groups excluding carboxylic acids is 1. The molecule has 0 bridgehead atoms.